The Labute approximate surface area is 124 Å². The molecule has 3 nitrogen and oxygen atoms in total. The van der Waals surface area contributed by atoms with Crippen LogP contribution in [0.2, 0.25) is 0 Å². The molecule has 0 unspecified atom stereocenters. The molecule has 2 heterocycles. The average Bonchev–Trinajstić information content (AvgIpc) is 2.96. The molecule has 1 N–H and O–H groups in total. The van der Waals surface area contributed by atoms with Crippen molar-refractivity contribution in [2.24, 2.45) is 0 Å². The van der Waals surface area contributed by atoms with Crippen LogP contribution in [0.15, 0.2) is 23.6 Å². The van der Waals surface area contributed by atoms with E-state index in [1.54, 1.807) is 11.3 Å². The molecule has 106 valence electrons. The van der Waals surface area contributed by atoms with E-state index in [-0.39, 0.29) is 0 Å². The van der Waals surface area contributed by atoms with Crippen molar-refractivity contribution in [2.45, 2.75) is 32.9 Å². The molecule has 20 heavy (non-hydrogen) atoms. The van der Waals surface area contributed by atoms with Gasteiger partial charge in [-0.25, -0.2) is 4.98 Å². The predicted octanol–water partition coefficient (Wildman–Crippen LogP) is 3.38. The van der Waals surface area contributed by atoms with Gasteiger partial charge in [0.25, 0.3) is 0 Å². The van der Waals surface area contributed by atoms with E-state index in [0.717, 1.165) is 43.2 Å². The molecule has 0 atom stereocenters. The molecule has 1 aromatic heterocycles. The minimum Gasteiger partial charge on any atom is -0.374 e. The van der Waals surface area contributed by atoms with Gasteiger partial charge in [0, 0.05) is 24.1 Å². The average molecular weight is 288 g/mol. The summed E-state index contributed by atoms with van der Waals surface area (Å²) in [7, 11) is 0. The maximum atomic E-state index is 5.55. The third-order valence-electron chi connectivity index (χ3n) is 3.51. The lowest BCUT2D eigenvalue weighted by atomic mass is 9.98. The van der Waals surface area contributed by atoms with E-state index in [1.165, 1.54) is 16.7 Å². The summed E-state index contributed by atoms with van der Waals surface area (Å²) >= 11 is 1.68. The Bertz CT molecular complexity index is 580. The summed E-state index contributed by atoms with van der Waals surface area (Å²) in [6.07, 6.45) is 2.16. The summed E-state index contributed by atoms with van der Waals surface area (Å²) in [4.78, 5) is 4.68. The van der Waals surface area contributed by atoms with E-state index in [9.17, 15) is 0 Å². The number of hydrogen-bond donors (Lipinski definition) is 1. The van der Waals surface area contributed by atoms with Gasteiger partial charge in [0.15, 0.2) is 0 Å². The minimum absolute atomic E-state index is 0.632. The van der Waals surface area contributed by atoms with Crippen LogP contribution in [-0.2, 0) is 24.3 Å². The monoisotopic (exact) mass is 288 g/mol. The SMILES string of the molecule is CCCOCc1nc(-c2ccc3c(c2)CCNC3)cs1. The van der Waals surface area contributed by atoms with Gasteiger partial charge in [-0.15, -0.1) is 11.3 Å². The lowest BCUT2D eigenvalue weighted by Gasteiger charge is -2.17. The molecule has 0 amide bonds. The van der Waals surface area contributed by atoms with Crippen molar-refractivity contribution in [1.29, 1.82) is 0 Å². The van der Waals surface area contributed by atoms with Crippen molar-refractivity contribution in [2.75, 3.05) is 13.2 Å². The lowest BCUT2D eigenvalue weighted by molar-refractivity contribution is 0.121. The van der Waals surface area contributed by atoms with Crippen LogP contribution in [0.1, 0.15) is 29.5 Å². The fourth-order valence-electron chi connectivity index (χ4n) is 2.45. The molecular formula is C16H20N2OS. The second-order valence-corrected chi connectivity index (χ2v) is 6.03. The van der Waals surface area contributed by atoms with Crippen molar-refractivity contribution in [3.63, 3.8) is 0 Å². The zero-order chi connectivity index (χ0) is 13.8. The fourth-order valence-corrected chi connectivity index (χ4v) is 3.19. The van der Waals surface area contributed by atoms with Gasteiger partial charge in [0.05, 0.1) is 12.3 Å². The largest absolute Gasteiger partial charge is 0.374 e. The molecule has 0 radical (unpaired) electrons. The van der Waals surface area contributed by atoms with Gasteiger partial charge in [-0.3, -0.25) is 0 Å². The first kappa shape index (κ1) is 13.7. The highest BCUT2D eigenvalue weighted by atomic mass is 32.1. The van der Waals surface area contributed by atoms with Gasteiger partial charge in [-0.05, 0) is 36.6 Å². The second kappa shape index (κ2) is 6.48. The van der Waals surface area contributed by atoms with E-state index in [1.807, 2.05) is 0 Å². The Hall–Kier alpha value is -1.23. The zero-order valence-electron chi connectivity index (χ0n) is 11.8. The van der Waals surface area contributed by atoms with Crippen LogP contribution >= 0.6 is 11.3 Å². The minimum atomic E-state index is 0.632. The van der Waals surface area contributed by atoms with E-state index in [0.29, 0.717) is 6.61 Å². The van der Waals surface area contributed by atoms with Crippen LogP contribution in [0.5, 0.6) is 0 Å². The fraction of sp³-hybridized carbons (Fsp3) is 0.438. The summed E-state index contributed by atoms with van der Waals surface area (Å²) < 4.78 is 5.55. The molecule has 1 aromatic carbocycles. The number of nitrogens with one attached hydrogen (secondary N) is 1. The van der Waals surface area contributed by atoms with Crippen LogP contribution in [-0.4, -0.2) is 18.1 Å². The van der Waals surface area contributed by atoms with Crippen LogP contribution in [0.25, 0.3) is 11.3 Å². The second-order valence-electron chi connectivity index (χ2n) is 5.09. The third kappa shape index (κ3) is 3.08. The van der Waals surface area contributed by atoms with Gasteiger partial charge in [0.1, 0.15) is 5.01 Å². The van der Waals surface area contributed by atoms with Crippen LogP contribution in [0.4, 0.5) is 0 Å². The number of hydrogen-bond acceptors (Lipinski definition) is 4. The topological polar surface area (TPSA) is 34.1 Å². The van der Waals surface area contributed by atoms with E-state index in [4.69, 9.17) is 4.74 Å². The van der Waals surface area contributed by atoms with Gasteiger partial charge in [-0.2, -0.15) is 0 Å². The summed E-state index contributed by atoms with van der Waals surface area (Å²) in [5, 5.41) is 6.60. The number of ether oxygens (including phenoxy) is 1. The van der Waals surface area contributed by atoms with E-state index in [2.05, 4.69) is 40.8 Å². The Morgan fingerprint density at radius 3 is 3.20 bits per heavy atom. The molecule has 0 fully saturated rings. The third-order valence-corrected chi connectivity index (χ3v) is 4.34. The number of fused-ring (bicyclic) bond motifs is 1. The van der Waals surface area contributed by atoms with Crippen LogP contribution in [0.3, 0.4) is 0 Å². The molecule has 2 aromatic rings. The smallest absolute Gasteiger partial charge is 0.119 e. The number of rotatable bonds is 5. The highest BCUT2D eigenvalue weighted by Gasteiger charge is 2.11. The van der Waals surface area contributed by atoms with Crippen LogP contribution in [0, 0.1) is 0 Å². The molecule has 0 saturated carbocycles. The number of aromatic nitrogens is 1. The molecule has 0 saturated heterocycles. The maximum absolute atomic E-state index is 5.55. The highest BCUT2D eigenvalue weighted by Crippen LogP contribution is 2.26. The van der Waals surface area contributed by atoms with Crippen molar-refractivity contribution in [1.82, 2.24) is 10.3 Å². The quantitative estimate of drug-likeness (QED) is 0.856. The van der Waals surface area contributed by atoms with Crippen molar-refractivity contribution in [3.8, 4) is 11.3 Å². The first-order valence-electron chi connectivity index (χ1n) is 7.22. The Balaban J connectivity index is 1.75. The predicted molar refractivity (Wildman–Crippen MR) is 82.9 cm³/mol. The van der Waals surface area contributed by atoms with Gasteiger partial charge < -0.3 is 10.1 Å². The Morgan fingerprint density at radius 1 is 1.35 bits per heavy atom. The normalized spacial score (nSPS) is 14.2. The number of nitrogens with zero attached hydrogens (tertiary/aromatic N) is 1. The number of thiazole rings is 1. The first-order valence-corrected chi connectivity index (χ1v) is 8.10. The first-order chi connectivity index (χ1) is 9.86. The summed E-state index contributed by atoms with van der Waals surface area (Å²) in [6, 6.07) is 6.70. The van der Waals surface area contributed by atoms with Gasteiger partial charge >= 0.3 is 0 Å². The zero-order valence-corrected chi connectivity index (χ0v) is 12.6. The van der Waals surface area contributed by atoms with Crippen molar-refractivity contribution in [3.05, 3.63) is 39.7 Å². The molecule has 4 heteroatoms. The molecule has 1 aliphatic rings. The summed E-state index contributed by atoms with van der Waals surface area (Å²) in [5.41, 5.74) is 5.18. The molecule has 3 rings (SSSR count). The number of benzene rings is 1. The molecule has 0 bridgehead atoms. The van der Waals surface area contributed by atoms with Gasteiger partial charge in [-0.1, -0.05) is 19.1 Å². The highest BCUT2D eigenvalue weighted by molar-refractivity contribution is 7.09. The molecular weight excluding hydrogens is 268 g/mol. The van der Waals surface area contributed by atoms with E-state index >= 15 is 0 Å². The Kier molecular flexibility index (Phi) is 4.45. The summed E-state index contributed by atoms with van der Waals surface area (Å²) in [5.74, 6) is 0. The standard InChI is InChI=1S/C16H20N2OS/c1-2-7-19-10-16-18-15(11-20-16)13-3-4-14-9-17-6-5-12(14)8-13/h3-4,8,11,17H,2,5-7,9-10H2,1H3. The maximum Gasteiger partial charge on any atom is 0.119 e. The van der Waals surface area contributed by atoms with Gasteiger partial charge in [0.2, 0.25) is 0 Å². The van der Waals surface area contributed by atoms with Crippen molar-refractivity contribution < 1.29 is 4.74 Å². The van der Waals surface area contributed by atoms with Crippen LogP contribution < -0.4 is 5.32 Å². The van der Waals surface area contributed by atoms with Crippen molar-refractivity contribution >= 4 is 11.3 Å². The lowest BCUT2D eigenvalue weighted by Crippen LogP contribution is -2.23. The molecule has 0 spiro atoms. The molecule has 0 aliphatic carbocycles. The van der Waals surface area contributed by atoms with E-state index < -0.39 is 0 Å². The Morgan fingerprint density at radius 2 is 2.30 bits per heavy atom. The summed E-state index contributed by atoms with van der Waals surface area (Å²) in [6.45, 7) is 5.62. The molecule has 1 aliphatic heterocycles.